The number of aromatic hydroxyl groups is 2. The molecule has 2 aromatic rings. The molecule has 2 aromatic carbocycles. The standard InChI is InChI=1S/C27H34N2O2.2C2H4O2.Co/c1-5-20-9-17(3)11-22(25(20)30)15-28-24-13-19-7-8-27(24,14-19)29-16-23-12-18(4)10-21(6-2)26(23)31;2*1-2(3)4;/h9-12,15-16,19,24,30-31H,5-8,13-14H2,1-4H3;2*1H3,(H,3,4);/q;;;+2/p-2. The van der Waals surface area contributed by atoms with Crippen molar-refractivity contribution in [2.45, 2.75) is 91.6 Å². The van der Waals surface area contributed by atoms with E-state index in [0.717, 1.165) is 79.3 Å². The van der Waals surface area contributed by atoms with E-state index >= 15 is 0 Å². The summed E-state index contributed by atoms with van der Waals surface area (Å²) < 4.78 is 0. The van der Waals surface area contributed by atoms with Gasteiger partial charge in [-0.25, -0.2) is 0 Å². The Morgan fingerprint density at radius 2 is 1.38 bits per heavy atom. The SMILES string of the molecule is CC(=O)[O-].CC(=O)[O-].CCc1cc(C)cc(C=NC2CC3CCC2(N=Cc2cc(C)cc(CC)c2O)C3)c1O.[Co+2]. The number of carboxylic acid groups (broad SMARTS) is 2. The molecule has 0 aromatic heterocycles. The van der Waals surface area contributed by atoms with E-state index in [1.54, 1.807) is 0 Å². The van der Waals surface area contributed by atoms with Gasteiger partial charge in [-0.05, 0) is 107 Å². The minimum atomic E-state index is -1.08. The van der Waals surface area contributed by atoms with Crippen LogP contribution in [0.25, 0.3) is 0 Å². The van der Waals surface area contributed by atoms with Gasteiger partial charge in [0.2, 0.25) is 0 Å². The van der Waals surface area contributed by atoms with Crippen molar-refractivity contribution in [3.8, 4) is 11.5 Å². The van der Waals surface area contributed by atoms with E-state index in [0.29, 0.717) is 17.4 Å². The Bertz CT molecular complexity index is 1220. The van der Waals surface area contributed by atoms with Gasteiger partial charge in [-0.15, -0.1) is 0 Å². The Morgan fingerprint density at radius 3 is 1.80 bits per heavy atom. The average molecular weight is 596 g/mol. The number of phenols is 2. The molecule has 2 aliphatic rings. The second-order valence-electron chi connectivity index (χ2n) is 10.4. The van der Waals surface area contributed by atoms with Gasteiger partial charge in [0.1, 0.15) is 11.5 Å². The van der Waals surface area contributed by atoms with Gasteiger partial charge in [0.25, 0.3) is 0 Å². The van der Waals surface area contributed by atoms with Crippen molar-refractivity contribution in [1.29, 1.82) is 0 Å². The first-order chi connectivity index (χ1) is 18.3. The zero-order valence-electron chi connectivity index (χ0n) is 24.1. The van der Waals surface area contributed by atoms with Crippen LogP contribution in [0.3, 0.4) is 0 Å². The minimum absolute atomic E-state index is 0. The predicted octanol–water partition coefficient (Wildman–Crippen LogP) is 3.20. The number of hydrogen-bond acceptors (Lipinski definition) is 8. The zero-order chi connectivity index (χ0) is 29.3. The van der Waals surface area contributed by atoms with E-state index in [9.17, 15) is 10.2 Å². The summed E-state index contributed by atoms with van der Waals surface area (Å²) in [5.74, 6) is -0.819. The molecule has 2 N–H and O–H groups in total. The Hall–Kier alpha value is -3.17. The summed E-state index contributed by atoms with van der Waals surface area (Å²) in [6.45, 7) is 10.2. The largest absolute Gasteiger partial charge is 2.00 e. The molecule has 0 amide bonds. The molecule has 2 fully saturated rings. The van der Waals surface area contributed by atoms with Crippen LogP contribution < -0.4 is 10.2 Å². The van der Waals surface area contributed by atoms with Crippen molar-refractivity contribution < 1.29 is 46.8 Å². The Balaban J connectivity index is 0.000000789. The van der Waals surface area contributed by atoms with Crippen LogP contribution in [0.5, 0.6) is 11.5 Å². The van der Waals surface area contributed by atoms with Gasteiger partial charge in [-0.3, -0.25) is 9.98 Å². The molecule has 0 heterocycles. The van der Waals surface area contributed by atoms with Crippen LogP contribution in [0.15, 0.2) is 34.3 Å². The quantitative estimate of drug-likeness (QED) is 0.491. The molecule has 3 atom stereocenters. The van der Waals surface area contributed by atoms with Crippen LogP contribution in [-0.4, -0.2) is 46.2 Å². The summed E-state index contributed by atoms with van der Waals surface area (Å²) in [6, 6.07) is 8.20. The maximum absolute atomic E-state index is 10.6. The van der Waals surface area contributed by atoms with E-state index in [-0.39, 0.29) is 28.4 Å². The fraction of sp³-hybridized carbons (Fsp3) is 0.484. The Morgan fingerprint density at radius 1 is 0.925 bits per heavy atom. The summed E-state index contributed by atoms with van der Waals surface area (Å²) in [7, 11) is 0. The number of rotatable bonds is 6. The van der Waals surface area contributed by atoms with Crippen LogP contribution >= 0.6 is 0 Å². The van der Waals surface area contributed by atoms with E-state index in [4.69, 9.17) is 29.8 Å². The number of benzene rings is 2. The number of aryl methyl sites for hydroxylation is 4. The van der Waals surface area contributed by atoms with Gasteiger partial charge in [0.15, 0.2) is 0 Å². The number of aliphatic carboxylic acids is 2. The first kappa shape index (κ1) is 34.9. The number of hydrogen-bond donors (Lipinski definition) is 2. The molecule has 3 unspecified atom stereocenters. The molecule has 9 heteroatoms. The molecular formula is C31H40CoN2O6. The third-order valence-electron chi connectivity index (χ3n) is 7.15. The predicted molar refractivity (Wildman–Crippen MR) is 149 cm³/mol. The summed E-state index contributed by atoms with van der Waals surface area (Å²) >= 11 is 0. The third-order valence-corrected chi connectivity index (χ3v) is 7.15. The monoisotopic (exact) mass is 595 g/mol. The Labute approximate surface area is 247 Å². The van der Waals surface area contributed by atoms with Crippen molar-refractivity contribution in [2.24, 2.45) is 15.9 Å². The van der Waals surface area contributed by atoms with Gasteiger partial charge >= 0.3 is 16.8 Å². The number of carbonyl (C=O) groups is 2. The number of fused-ring (bicyclic) bond motifs is 2. The summed E-state index contributed by atoms with van der Waals surface area (Å²) in [5.41, 5.74) is 5.60. The van der Waals surface area contributed by atoms with E-state index in [1.165, 1.54) is 6.42 Å². The van der Waals surface area contributed by atoms with Gasteiger partial charge < -0.3 is 30.0 Å². The minimum Gasteiger partial charge on any atom is -0.550 e. The van der Waals surface area contributed by atoms with Gasteiger partial charge in [-0.2, -0.15) is 0 Å². The molecule has 2 aliphatic carbocycles. The van der Waals surface area contributed by atoms with E-state index in [2.05, 4.69) is 27.7 Å². The fourth-order valence-corrected chi connectivity index (χ4v) is 5.47. The van der Waals surface area contributed by atoms with Crippen LogP contribution in [0.2, 0.25) is 0 Å². The van der Waals surface area contributed by atoms with Crippen LogP contribution in [0, 0.1) is 19.8 Å². The maximum Gasteiger partial charge on any atom is 2.00 e. The molecule has 0 spiro atoms. The molecule has 8 nitrogen and oxygen atoms in total. The molecular weight excluding hydrogens is 555 g/mol. The zero-order valence-corrected chi connectivity index (χ0v) is 25.2. The topological polar surface area (TPSA) is 145 Å². The van der Waals surface area contributed by atoms with Crippen molar-refractivity contribution in [3.05, 3.63) is 57.6 Å². The normalized spacial score (nSPS) is 20.9. The van der Waals surface area contributed by atoms with Gasteiger partial charge in [-0.1, -0.05) is 26.0 Å². The average Bonchev–Trinajstić information content (AvgIpc) is 3.42. The van der Waals surface area contributed by atoms with E-state index in [1.807, 2.05) is 36.7 Å². The molecule has 2 bridgehead atoms. The maximum atomic E-state index is 10.6. The second kappa shape index (κ2) is 15.6. The van der Waals surface area contributed by atoms with Crippen LogP contribution in [0.4, 0.5) is 0 Å². The van der Waals surface area contributed by atoms with Crippen molar-refractivity contribution in [3.63, 3.8) is 0 Å². The van der Waals surface area contributed by atoms with Crippen LogP contribution in [-0.2, 0) is 39.2 Å². The first-order valence-corrected chi connectivity index (χ1v) is 13.4. The number of phenolic OH excluding ortho intramolecular Hbond substituents is 2. The summed E-state index contributed by atoms with van der Waals surface area (Å²) in [4.78, 5) is 27.8. The van der Waals surface area contributed by atoms with Crippen molar-refractivity contribution in [2.75, 3.05) is 0 Å². The molecule has 40 heavy (non-hydrogen) atoms. The molecule has 0 saturated heterocycles. The Kier molecular flexibility index (Phi) is 13.6. The van der Waals surface area contributed by atoms with Crippen molar-refractivity contribution in [1.82, 2.24) is 0 Å². The molecule has 0 aliphatic heterocycles. The summed E-state index contributed by atoms with van der Waals surface area (Å²) in [6.07, 6.45) is 9.64. The smallest absolute Gasteiger partial charge is 0.550 e. The third kappa shape index (κ3) is 9.48. The molecule has 219 valence electrons. The van der Waals surface area contributed by atoms with Crippen molar-refractivity contribution >= 4 is 24.4 Å². The first-order valence-electron chi connectivity index (χ1n) is 13.4. The molecule has 1 radical (unpaired) electrons. The fourth-order valence-electron chi connectivity index (χ4n) is 5.47. The number of aliphatic imine (C=N–C) groups is 2. The second-order valence-corrected chi connectivity index (χ2v) is 10.4. The molecule has 4 rings (SSSR count). The number of nitrogens with zero attached hydrogens (tertiary/aromatic N) is 2. The van der Waals surface area contributed by atoms with Gasteiger partial charge in [0.05, 0.1) is 11.6 Å². The summed E-state index contributed by atoms with van der Waals surface area (Å²) in [5, 5.41) is 39.0. The number of carbonyl (C=O) groups excluding carboxylic acids is 2. The number of carboxylic acids is 2. The van der Waals surface area contributed by atoms with E-state index < -0.39 is 11.9 Å². The molecule has 2 saturated carbocycles. The van der Waals surface area contributed by atoms with Gasteiger partial charge in [0, 0.05) is 35.5 Å². The van der Waals surface area contributed by atoms with Crippen LogP contribution in [0.1, 0.15) is 86.8 Å².